The number of pyridine rings is 1. The van der Waals surface area contributed by atoms with Crippen LogP contribution in [0.1, 0.15) is 32.5 Å². The molecule has 1 aliphatic heterocycles. The second-order valence-electron chi connectivity index (χ2n) is 6.56. The molecule has 1 fully saturated rings. The molecule has 1 saturated heterocycles. The molecule has 2 aromatic heterocycles. The molecular weight excluding hydrogens is 346 g/mol. The summed E-state index contributed by atoms with van der Waals surface area (Å²) in [6.07, 6.45) is 3.41. The molecule has 0 bridgehead atoms. The van der Waals surface area contributed by atoms with Crippen LogP contribution in [-0.2, 0) is 22.6 Å². The van der Waals surface area contributed by atoms with Gasteiger partial charge in [-0.15, -0.1) is 0 Å². The van der Waals surface area contributed by atoms with Crippen molar-refractivity contribution < 1.29 is 14.3 Å². The van der Waals surface area contributed by atoms with E-state index in [1.165, 1.54) is 0 Å². The number of nitrogens with zero attached hydrogens (tertiary/aromatic N) is 4. The highest BCUT2D eigenvalue weighted by Gasteiger charge is 2.23. The first kappa shape index (κ1) is 19.6. The molecule has 0 saturated carbocycles. The zero-order valence-electron chi connectivity index (χ0n) is 16.2. The summed E-state index contributed by atoms with van der Waals surface area (Å²) in [5.74, 6) is 0.969. The van der Waals surface area contributed by atoms with Gasteiger partial charge in [0.1, 0.15) is 11.3 Å². The third-order valence-corrected chi connectivity index (χ3v) is 4.82. The van der Waals surface area contributed by atoms with E-state index >= 15 is 0 Å². The van der Waals surface area contributed by atoms with Crippen molar-refractivity contribution >= 4 is 17.3 Å². The van der Waals surface area contributed by atoms with E-state index in [0.717, 1.165) is 49.5 Å². The zero-order chi connectivity index (χ0) is 19.1. The first-order chi connectivity index (χ1) is 13.2. The largest absolute Gasteiger partial charge is 0.450 e. The molecule has 27 heavy (non-hydrogen) atoms. The maximum absolute atomic E-state index is 11.8. The van der Waals surface area contributed by atoms with Crippen LogP contribution < -0.4 is 5.32 Å². The summed E-state index contributed by atoms with van der Waals surface area (Å²) >= 11 is 0. The lowest BCUT2D eigenvalue weighted by Gasteiger charge is -2.31. The van der Waals surface area contributed by atoms with Crippen molar-refractivity contribution in [1.82, 2.24) is 24.8 Å². The molecule has 0 aliphatic carbocycles. The summed E-state index contributed by atoms with van der Waals surface area (Å²) < 4.78 is 12.7. The maximum Gasteiger partial charge on any atom is 0.409 e. The van der Waals surface area contributed by atoms with Crippen LogP contribution in [0.4, 0.5) is 4.79 Å². The van der Waals surface area contributed by atoms with E-state index in [9.17, 15) is 4.79 Å². The molecule has 8 nitrogen and oxygen atoms in total. The molecule has 0 unspecified atom stereocenters. The molecule has 3 rings (SSSR count). The standard InChI is InChI=1S/C19H29N5O3/c1-3-26-13-12-24-17(22-16-6-5-9-20-18(16)24)14-21-15-7-10-23(11-8-15)19(25)27-4-2/h5-6,9,15,21H,3-4,7-8,10-14H2,1-2H3. The van der Waals surface area contributed by atoms with Crippen molar-refractivity contribution in [2.45, 2.75) is 45.8 Å². The van der Waals surface area contributed by atoms with Crippen LogP contribution in [0.5, 0.6) is 0 Å². The van der Waals surface area contributed by atoms with Gasteiger partial charge in [-0.1, -0.05) is 0 Å². The molecule has 0 spiro atoms. The van der Waals surface area contributed by atoms with Crippen LogP contribution >= 0.6 is 0 Å². The molecule has 8 heteroatoms. The topological polar surface area (TPSA) is 81.5 Å². The minimum atomic E-state index is -0.209. The quantitative estimate of drug-likeness (QED) is 0.712. The molecule has 0 radical (unpaired) electrons. The van der Waals surface area contributed by atoms with Gasteiger partial charge in [0, 0.05) is 38.5 Å². The Bertz CT molecular complexity index is 740. The van der Waals surface area contributed by atoms with E-state index in [-0.39, 0.29) is 6.09 Å². The van der Waals surface area contributed by atoms with E-state index in [0.29, 0.717) is 32.4 Å². The Labute approximate surface area is 159 Å². The average molecular weight is 375 g/mol. The fourth-order valence-electron chi connectivity index (χ4n) is 3.39. The predicted octanol–water partition coefficient (Wildman–Crippen LogP) is 2.18. The van der Waals surface area contributed by atoms with E-state index in [1.807, 2.05) is 26.0 Å². The summed E-state index contributed by atoms with van der Waals surface area (Å²) in [6, 6.07) is 4.26. The number of fused-ring (bicyclic) bond motifs is 1. The smallest absolute Gasteiger partial charge is 0.409 e. The lowest BCUT2D eigenvalue weighted by Crippen LogP contribution is -2.45. The summed E-state index contributed by atoms with van der Waals surface area (Å²) in [5, 5.41) is 3.59. The second-order valence-corrected chi connectivity index (χ2v) is 6.56. The third kappa shape index (κ3) is 4.95. The van der Waals surface area contributed by atoms with Crippen LogP contribution in [0.15, 0.2) is 18.3 Å². The number of carbonyl (C=O) groups is 1. The van der Waals surface area contributed by atoms with Gasteiger partial charge >= 0.3 is 6.09 Å². The van der Waals surface area contributed by atoms with E-state index in [4.69, 9.17) is 14.5 Å². The Morgan fingerprint density at radius 2 is 2.11 bits per heavy atom. The number of hydrogen-bond acceptors (Lipinski definition) is 6. The minimum absolute atomic E-state index is 0.209. The minimum Gasteiger partial charge on any atom is -0.450 e. The van der Waals surface area contributed by atoms with Gasteiger partial charge in [-0.25, -0.2) is 14.8 Å². The van der Waals surface area contributed by atoms with Crippen LogP contribution in [-0.4, -0.2) is 64.5 Å². The molecule has 1 aliphatic rings. The van der Waals surface area contributed by atoms with Crippen LogP contribution in [0.25, 0.3) is 11.2 Å². The van der Waals surface area contributed by atoms with Gasteiger partial charge in [-0.2, -0.15) is 0 Å². The Morgan fingerprint density at radius 1 is 1.30 bits per heavy atom. The Balaban J connectivity index is 1.58. The summed E-state index contributed by atoms with van der Waals surface area (Å²) in [4.78, 5) is 22.8. The first-order valence-electron chi connectivity index (χ1n) is 9.75. The van der Waals surface area contributed by atoms with Crippen molar-refractivity contribution in [2.24, 2.45) is 0 Å². The number of imidazole rings is 1. The highest BCUT2D eigenvalue weighted by atomic mass is 16.6. The summed E-state index contributed by atoms with van der Waals surface area (Å²) in [5.41, 5.74) is 1.80. The van der Waals surface area contributed by atoms with Gasteiger partial charge in [0.05, 0.1) is 19.8 Å². The maximum atomic E-state index is 11.8. The van der Waals surface area contributed by atoms with Crippen molar-refractivity contribution in [2.75, 3.05) is 32.9 Å². The Kier molecular flexibility index (Phi) is 7.00. The molecule has 1 N–H and O–H groups in total. The van der Waals surface area contributed by atoms with Gasteiger partial charge in [-0.05, 0) is 38.8 Å². The molecule has 3 heterocycles. The lowest BCUT2D eigenvalue weighted by molar-refractivity contribution is 0.0949. The summed E-state index contributed by atoms with van der Waals surface area (Å²) in [7, 11) is 0. The van der Waals surface area contributed by atoms with E-state index < -0.39 is 0 Å². The molecule has 148 valence electrons. The lowest BCUT2D eigenvalue weighted by atomic mass is 10.1. The summed E-state index contributed by atoms with van der Waals surface area (Å²) in [6.45, 7) is 8.44. The van der Waals surface area contributed by atoms with Gasteiger partial charge in [0.25, 0.3) is 0 Å². The molecule has 2 aromatic rings. The van der Waals surface area contributed by atoms with Crippen molar-refractivity contribution in [3.63, 3.8) is 0 Å². The van der Waals surface area contributed by atoms with Gasteiger partial charge in [0.2, 0.25) is 0 Å². The molecule has 1 amide bonds. The number of nitrogens with one attached hydrogen (secondary N) is 1. The van der Waals surface area contributed by atoms with Crippen molar-refractivity contribution in [1.29, 1.82) is 0 Å². The third-order valence-electron chi connectivity index (χ3n) is 4.82. The number of aromatic nitrogens is 3. The van der Waals surface area contributed by atoms with Crippen LogP contribution in [0, 0.1) is 0 Å². The Morgan fingerprint density at radius 3 is 2.85 bits per heavy atom. The fraction of sp³-hybridized carbons (Fsp3) is 0.632. The zero-order valence-corrected chi connectivity index (χ0v) is 16.2. The van der Waals surface area contributed by atoms with Gasteiger partial charge in [-0.3, -0.25) is 0 Å². The normalized spacial score (nSPS) is 15.4. The van der Waals surface area contributed by atoms with Crippen molar-refractivity contribution in [3.05, 3.63) is 24.2 Å². The van der Waals surface area contributed by atoms with E-state index in [2.05, 4.69) is 14.9 Å². The number of hydrogen-bond donors (Lipinski definition) is 1. The predicted molar refractivity (Wildman–Crippen MR) is 102 cm³/mol. The van der Waals surface area contributed by atoms with Gasteiger partial charge in [0.15, 0.2) is 5.65 Å². The van der Waals surface area contributed by atoms with E-state index in [1.54, 1.807) is 11.1 Å². The SMILES string of the molecule is CCOCCn1c(CNC2CCN(C(=O)OCC)CC2)nc2cccnc21. The monoisotopic (exact) mass is 375 g/mol. The number of amides is 1. The number of piperidine rings is 1. The van der Waals surface area contributed by atoms with Gasteiger partial charge < -0.3 is 24.3 Å². The fourth-order valence-corrected chi connectivity index (χ4v) is 3.39. The number of likely N-dealkylation sites (tertiary alicyclic amines) is 1. The van der Waals surface area contributed by atoms with Crippen LogP contribution in [0.2, 0.25) is 0 Å². The first-order valence-corrected chi connectivity index (χ1v) is 9.75. The molecular formula is C19H29N5O3. The average Bonchev–Trinajstić information content (AvgIpc) is 3.05. The second kappa shape index (κ2) is 9.66. The Hall–Kier alpha value is -2.19. The van der Waals surface area contributed by atoms with Crippen molar-refractivity contribution in [3.8, 4) is 0 Å². The highest BCUT2D eigenvalue weighted by Crippen LogP contribution is 2.16. The highest BCUT2D eigenvalue weighted by molar-refractivity contribution is 5.71. The number of rotatable bonds is 8. The molecule has 0 atom stereocenters. The number of ether oxygens (including phenoxy) is 2. The molecule has 0 aromatic carbocycles. The number of carbonyl (C=O) groups excluding carboxylic acids is 1. The van der Waals surface area contributed by atoms with Crippen LogP contribution in [0.3, 0.4) is 0 Å².